The number of para-hydroxylation sites is 1. The van der Waals surface area contributed by atoms with Gasteiger partial charge in [-0.2, -0.15) is 9.78 Å². The van der Waals surface area contributed by atoms with E-state index >= 15 is 0 Å². The van der Waals surface area contributed by atoms with Crippen molar-refractivity contribution >= 4 is 23.4 Å². The highest BCUT2D eigenvalue weighted by Gasteiger charge is 2.30. The molecule has 0 bridgehead atoms. The first-order chi connectivity index (χ1) is 17.1. The number of ether oxygens (including phenoxy) is 1. The molecule has 4 rings (SSSR count). The summed E-state index contributed by atoms with van der Waals surface area (Å²) < 4.78 is 76.3. The monoisotopic (exact) mass is 521 g/mol. The SMILES string of the molecule is Cc1nn(-c2ccccc2)c(OC(=O)c2cccc([N+](=O)[O-])c2)c1Sc1c(F)c(F)c(F)c(F)c1F. The number of hydrogen-bond acceptors (Lipinski definition) is 6. The average Bonchev–Trinajstić information content (AvgIpc) is 3.19. The number of esters is 1. The fourth-order valence-corrected chi connectivity index (χ4v) is 4.08. The molecule has 0 aliphatic heterocycles. The Labute approximate surface area is 203 Å². The second kappa shape index (κ2) is 9.77. The summed E-state index contributed by atoms with van der Waals surface area (Å²) in [5.41, 5.74) is -0.246. The van der Waals surface area contributed by atoms with Crippen LogP contribution < -0.4 is 4.74 Å². The largest absolute Gasteiger partial charge is 0.402 e. The lowest BCUT2D eigenvalue weighted by Crippen LogP contribution is -2.12. The molecule has 36 heavy (non-hydrogen) atoms. The van der Waals surface area contributed by atoms with E-state index in [4.69, 9.17) is 4.74 Å². The van der Waals surface area contributed by atoms with Gasteiger partial charge in [-0.05, 0) is 25.1 Å². The quantitative estimate of drug-likeness (QED) is 0.0755. The van der Waals surface area contributed by atoms with Crippen molar-refractivity contribution in [1.29, 1.82) is 0 Å². The molecule has 0 atom stereocenters. The molecule has 0 saturated carbocycles. The van der Waals surface area contributed by atoms with Crippen molar-refractivity contribution in [3.8, 4) is 11.6 Å². The van der Waals surface area contributed by atoms with Gasteiger partial charge in [0.25, 0.3) is 5.69 Å². The lowest BCUT2D eigenvalue weighted by atomic mass is 10.2. The standard InChI is InChI=1S/C23H12F5N3O4S/c1-11-20(36-21-18(27)16(25)15(24)17(26)19(21)28)22(30(29-11)13-7-3-2-4-8-13)35-23(32)12-6-5-9-14(10-12)31(33)34/h2-10H,1H3. The molecule has 3 aromatic carbocycles. The molecule has 0 spiro atoms. The maximum absolute atomic E-state index is 14.4. The number of aromatic nitrogens is 2. The van der Waals surface area contributed by atoms with Crippen LogP contribution in [0.3, 0.4) is 0 Å². The van der Waals surface area contributed by atoms with Gasteiger partial charge in [-0.3, -0.25) is 10.1 Å². The van der Waals surface area contributed by atoms with E-state index < -0.39 is 56.4 Å². The van der Waals surface area contributed by atoms with Crippen LogP contribution in [0, 0.1) is 46.1 Å². The van der Waals surface area contributed by atoms with Gasteiger partial charge in [-0.25, -0.2) is 26.7 Å². The van der Waals surface area contributed by atoms with E-state index in [0.717, 1.165) is 16.8 Å². The maximum Gasteiger partial charge on any atom is 0.345 e. The van der Waals surface area contributed by atoms with Gasteiger partial charge in [0.2, 0.25) is 11.7 Å². The molecule has 1 heterocycles. The second-order valence-electron chi connectivity index (χ2n) is 7.17. The first-order valence-corrected chi connectivity index (χ1v) is 10.7. The number of aryl methyl sites for hydroxylation is 1. The lowest BCUT2D eigenvalue weighted by molar-refractivity contribution is -0.384. The highest BCUT2D eigenvalue weighted by Crippen LogP contribution is 2.42. The molecular formula is C23H12F5N3O4S. The van der Waals surface area contributed by atoms with Gasteiger partial charge in [0.1, 0.15) is 0 Å². The Morgan fingerprint density at radius 2 is 1.53 bits per heavy atom. The van der Waals surface area contributed by atoms with E-state index in [-0.39, 0.29) is 27.9 Å². The van der Waals surface area contributed by atoms with Crippen LogP contribution in [0.5, 0.6) is 5.88 Å². The number of benzene rings is 3. The van der Waals surface area contributed by atoms with Gasteiger partial charge < -0.3 is 4.74 Å². The summed E-state index contributed by atoms with van der Waals surface area (Å²) in [6.07, 6.45) is 0. The molecule has 0 radical (unpaired) electrons. The third-order valence-corrected chi connectivity index (χ3v) is 6.06. The normalized spacial score (nSPS) is 10.9. The van der Waals surface area contributed by atoms with Gasteiger partial charge in [0, 0.05) is 12.1 Å². The first kappa shape index (κ1) is 24.9. The number of nitrogens with zero attached hydrogens (tertiary/aromatic N) is 3. The number of non-ortho nitro benzene ring substituents is 1. The van der Waals surface area contributed by atoms with Crippen molar-refractivity contribution < 1.29 is 36.4 Å². The summed E-state index contributed by atoms with van der Waals surface area (Å²) in [7, 11) is 0. The molecular weight excluding hydrogens is 509 g/mol. The van der Waals surface area contributed by atoms with E-state index in [2.05, 4.69) is 5.10 Å². The molecule has 184 valence electrons. The van der Waals surface area contributed by atoms with Gasteiger partial charge in [-0.1, -0.05) is 36.0 Å². The van der Waals surface area contributed by atoms with Crippen LogP contribution in [0.2, 0.25) is 0 Å². The average molecular weight is 521 g/mol. The van der Waals surface area contributed by atoms with Crippen LogP contribution in [0.15, 0.2) is 64.4 Å². The first-order valence-electron chi connectivity index (χ1n) is 9.91. The number of hydrogen-bond donors (Lipinski definition) is 0. The minimum atomic E-state index is -2.32. The van der Waals surface area contributed by atoms with Crippen LogP contribution in [0.25, 0.3) is 5.69 Å². The van der Waals surface area contributed by atoms with Crippen molar-refractivity contribution in [1.82, 2.24) is 9.78 Å². The Morgan fingerprint density at radius 1 is 0.917 bits per heavy atom. The molecule has 4 aromatic rings. The highest BCUT2D eigenvalue weighted by molar-refractivity contribution is 7.99. The molecule has 0 aliphatic carbocycles. The third-order valence-electron chi connectivity index (χ3n) is 4.82. The lowest BCUT2D eigenvalue weighted by Gasteiger charge is -2.11. The van der Waals surface area contributed by atoms with Gasteiger partial charge >= 0.3 is 5.97 Å². The van der Waals surface area contributed by atoms with Gasteiger partial charge in [0.15, 0.2) is 23.3 Å². The van der Waals surface area contributed by atoms with E-state index in [9.17, 15) is 36.9 Å². The minimum absolute atomic E-state index is 0.0367. The number of nitro benzene ring substituents is 1. The summed E-state index contributed by atoms with van der Waals surface area (Å²) in [5, 5.41) is 15.2. The second-order valence-corrected chi connectivity index (χ2v) is 8.19. The summed E-state index contributed by atoms with van der Waals surface area (Å²) in [6, 6.07) is 12.6. The Kier molecular flexibility index (Phi) is 6.75. The molecule has 1 aromatic heterocycles. The van der Waals surface area contributed by atoms with E-state index in [0.29, 0.717) is 5.69 Å². The van der Waals surface area contributed by atoms with Crippen molar-refractivity contribution in [2.75, 3.05) is 0 Å². The smallest absolute Gasteiger partial charge is 0.345 e. The minimum Gasteiger partial charge on any atom is -0.402 e. The number of carbonyl (C=O) groups excluding carboxylic acids is 1. The summed E-state index contributed by atoms with van der Waals surface area (Å²) in [6.45, 7) is 1.37. The Balaban J connectivity index is 1.84. The summed E-state index contributed by atoms with van der Waals surface area (Å²) >= 11 is 0.126. The van der Waals surface area contributed by atoms with Crippen LogP contribution >= 0.6 is 11.8 Å². The van der Waals surface area contributed by atoms with Crippen molar-refractivity contribution in [3.63, 3.8) is 0 Å². The number of nitro groups is 1. The fraction of sp³-hybridized carbons (Fsp3) is 0.0435. The van der Waals surface area contributed by atoms with Crippen LogP contribution in [-0.4, -0.2) is 20.7 Å². The highest BCUT2D eigenvalue weighted by atomic mass is 32.2. The Hall–Kier alpha value is -4.26. The van der Waals surface area contributed by atoms with Gasteiger partial charge in [-0.15, -0.1) is 0 Å². The van der Waals surface area contributed by atoms with Crippen molar-refractivity contribution in [3.05, 3.63) is 105 Å². The number of carbonyl (C=O) groups is 1. The molecule has 0 aliphatic rings. The summed E-state index contributed by atoms with van der Waals surface area (Å²) in [4.78, 5) is 21.7. The molecule has 7 nitrogen and oxygen atoms in total. The molecule has 0 N–H and O–H groups in total. The van der Waals surface area contributed by atoms with Crippen molar-refractivity contribution in [2.45, 2.75) is 16.7 Å². The zero-order valence-corrected chi connectivity index (χ0v) is 18.8. The zero-order valence-electron chi connectivity index (χ0n) is 18.0. The van der Waals surface area contributed by atoms with Crippen LogP contribution in [0.1, 0.15) is 16.1 Å². The predicted octanol–water partition coefficient (Wildman–Crippen LogP) is 6.15. The number of halogens is 5. The molecule has 0 fully saturated rings. The van der Waals surface area contributed by atoms with E-state index in [1.807, 2.05) is 0 Å². The third kappa shape index (κ3) is 4.52. The van der Waals surface area contributed by atoms with E-state index in [1.54, 1.807) is 30.3 Å². The van der Waals surface area contributed by atoms with Crippen LogP contribution in [-0.2, 0) is 0 Å². The molecule has 0 saturated heterocycles. The van der Waals surface area contributed by atoms with Crippen LogP contribution in [0.4, 0.5) is 27.6 Å². The topological polar surface area (TPSA) is 87.3 Å². The maximum atomic E-state index is 14.4. The Bertz CT molecular complexity index is 1480. The van der Waals surface area contributed by atoms with Gasteiger partial charge in [0.05, 0.1) is 31.7 Å². The molecule has 0 unspecified atom stereocenters. The molecule has 13 heteroatoms. The predicted molar refractivity (Wildman–Crippen MR) is 117 cm³/mol. The fourth-order valence-electron chi connectivity index (χ4n) is 3.11. The summed E-state index contributed by atoms with van der Waals surface area (Å²) in [5.74, 6) is -12.2. The van der Waals surface area contributed by atoms with E-state index in [1.165, 1.54) is 19.1 Å². The van der Waals surface area contributed by atoms with Crippen molar-refractivity contribution in [2.24, 2.45) is 0 Å². The zero-order chi connectivity index (χ0) is 26.1. The molecule has 0 amide bonds. The Morgan fingerprint density at radius 3 is 2.14 bits per heavy atom. The number of rotatable bonds is 6.